The van der Waals surface area contributed by atoms with Crippen LogP contribution in [0, 0.1) is 0 Å². The summed E-state index contributed by atoms with van der Waals surface area (Å²) in [5.41, 5.74) is 1.17. The molecule has 1 saturated heterocycles. The fourth-order valence-corrected chi connectivity index (χ4v) is 2.72. The van der Waals surface area contributed by atoms with Crippen LogP contribution in [0.1, 0.15) is 12.5 Å². The van der Waals surface area contributed by atoms with E-state index in [-0.39, 0.29) is 24.5 Å². The van der Waals surface area contributed by atoms with Crippen molar-refractivity contribution in [1.29, 1.82) is 0 Å². The Hall–Kier alpha value is -1.50. The summed E-state index contributed by atoms with van der Waals surface area (Å²) in [6, 6.07) is 7.88. The van der Waals surface area contributed by atoms with Gasteiger partial charge in [0, 0.05) is 39.3 Å². The highest BCUT2D eigenvalue weighted by Crippen LogP contribution is 2.11. The number of carbonyl (C=O) groups is 1. The van der Waals surface area contributed by atoms with Crippen molar-refractivity contribution in [3.05, 3.63) is 29.8 Å². The van der Waals surface area contributed by atoms with Gasteiger partial charge in [-0.25, -0.2) is 4.79 Å². The predicted molar refractivity (Wildman–Crippen MR) is 97.0 cm³/mol. The van der Waals surface area contributed by atoms with Crippen LogP contribution in [0.2, 0.25) is 0 Å². The Morgan fingerprint density at radius 3 is 2.42 bits per heavy atom. The van der Waals surface area contributed by atoms with Crippen molar-refractivity contribution < 1.29 is 14.6 Å². The molecule has 0 spiro atoms. The number of carbonyl (C=O) groups excluding carboxylic acids is 1. The van der Waals surface area contributed by atoms with Crippen LogP contribution in [0.4, 0.5) is 4.79 Å². The number of amides is 2. The molecule has 1 atom stereocenters. The van der Waals surface area contributed by atoms with Gasteiger partial charge in [0.25, 0.3) is 0 Å². The number of β-amino-alcohol motifs (C(OH)–C–C–N with tert-alkyl or cyclic N) is 1. The number of hydrogen-bond acceptors (Lipinski definition) is 4. The van der Waals surface area contributed by atoms with Gasteiger partial charge in [-0.05, 0) is 31.0 Å². The fourth-order valence-electron chi connectivity index (χ4n) is 2.72. The van der Waals surface area contributed by atoms with E-state index < -0.39 is 0 Å². The van der Waals surface area contributed by atoms with Crippen LogP contribution in [0.15, 0.2) is 24.3 Å². The van der Waals surface area contributed by atoms with Gasteiger partial charge >= 0.3 is 6.03 Å². The summed E-state index contributed by atoms with van der Waals surface area (Å²) >= 11 is 0. The number of piperazine rings is 1. The van der Waals surface area contributed by atoms with Gasteiger partial charge in [-0.15, -0.1) is 12.4 Å². The Bertz CT molecular complexity index is 488. The molecule has 1 unspecified atom stereocenters. The first-order valence-electron chi connectivity index (χ1n) is 8.14. The van der Waals surface area contributed by atoms with Gasteiger partial charge in [0.1, 0.15) is 5.75 Å². The second-order valence-corrected chi connectivity index (χ2v) is 5.97. The van der Waals surface area contributed by atoms with Crippen LogP contribution < -0.4 is 10.1 Å². The predicted octanol–water partition coefficient (Wildman–Crippen LogP) is 1.37. The minimum atomic E-state index is -0.320. The maximum Gasteiger partial charge on any atom is 0.317 e. The van der Waals surface area contributed by atoms with E-state index in [2.05, 4.69) is 10.2 Å². The van der Waals surface area contributed by atoms with Gasteiger partial charge in [0.2, 0.25) is 0 Å². The third kappa shape index (κ3) is 6.55. The van der Waals surface area contributed by atoms with Crippen molar-refractivity contribution in [2.75, 3.05) is 46.4 Å². The molecule has 1 fully saturated rings. The Balaban J connectivity index is 0.00000288. The first kappa shape index (κ1) is 20.5. The van der Waals surface area contributed by atoms with Crippen LogP contribution in [-0.4, -0.2) is 73.4 Å². The summed E-state index contributed by atoms with van der Waals surface area (Å²) < 4.78 is 5.13. The largest absolute Gasteiger partial charge is 0.497 e. The third-order valence-corrected chi connectivity index (χ3v) is 4.03. The number of ether oxygens (including phenoxy) is 1. The lowest BCUT2D eigenvalue weighted by atomic mass is 10.1. The molecule has 0 saturated carbocycles. The molecule has 1 heterocycles. The summed E-state index contributed by atoms with van der Waals surface area (Å²) in [4.78, 5) is 16.2. The number of aliphatic hydroxyl groups excluding tert-OH is 1. The van der Waals surface area contributed by atoms with Crippen LogP contribution in [-0.2, 0) is 6.42 Å². The first-order valence-corrected chi connectivity index (χ1v) is 8.14. The average molecular weight is 358 g/mol. The lowest BCUT2D eigenvalue weighted by Crippen LogP contribution is -2.53. The van der Waals surface area contributed by atoms with E-state index in [4.69, 9.17) is 4.74 Å². The summed E-state index contributed by atoms with van der Waals surface area (Å²) in [6.45, 7) is 6.14. The second-order valence-electron chi connectivity index (χ2n) is 5.97. The molecule has 0 radical (unpaired) electrons. The zero-order chi connectivity index (χ0) is 16.7. The van der Waals surface area contributed by atoms with E-state index in [1.807, 2.05) is 29.2 Å². The highest BCUT2D eigenvalue weighted by molar-refractivity contribution is 5.85. The Kier molecular flexibility index (Phi) is 8.89. The number of halogens is 1. The second kappa shape index (κ2) is 10.4. The van der Waals surface area contributed by atoms with E-state index in [0.717, 1.165) is 25.3 Å². The minimum absolute atomic E-state index is 0. The van der Waals surface area contributed by atoms with Crippen LogP contribution in [0.3, 0.4) is 0 Å². The third-order valence-electron chi connectivity index (χ3n) is 4.03. The van der Waals surface area contributed by atoms with E-state index in [1.54, 1.807) is 14.0 Å². The molecular weight excluding hydrogens is 330 g/mol. The molecule has 1 aliphatic rings. The first-order chi connectivity index (χ1) is 11.1. The molecule has 1 aliphatic heterocycles. The smallest absolute Gasteiger partial charge is 0.317 e. The topological polar surface area (TPSA) is 65.0 Å². The number of methoxy groups -OCH3 is 1. The van der Waals surface area contributed by atoms with Gasteiger partial charge in [-0.1, -0.05) is 12.1 Å². The Morgan fingerprint density at radius 2 is 1.88 bits per heavy atom. The quantitative estimate of drug-likeness (QED) is 0.807. The van der Waals surface area contributed by atoms with Gasteiger partial charge in [-0.3, -0.25) is 4.90 Å². The number of urea groups is 1. The number of nitrogens with zero attached hydrogens (tertiary/aromatic N) is 2. The van der Waals surface area contributed by atoms with Crippen LogP contribution in [0.25, 0.3) is 0 Å². The number of rotatable bonds is 6. The molecule has 1 aromatic rings. The zero-order valence-corrected chi connectivity index (χ0v) is 15.2. The Labute approximate surface area is 150 Å². The minimum Gasteiger partial charge on any atom is -0.497 e. The van der Waals surface area contributed by atoms with E-state index in [9.17, 15) is 9.90 Å². The molecule has 2 N–H and O–H groups in total. The molecule has 2 amide bonds. The van der Waals surface area contributed by atoms with Crippen LogP contribution >= 0.6 is 12.4 Å². The SMILES string of the molecule is COc1ccc(CCNC(=O)N2CCN(CC(C)O)CC2)cc1.Cl. The number of aliphatic hydroxyl groups is 1. The van der Waals surface area contributed by atoms with Gasteiger partial charge < -0.3 is 20.1 Å². The maximum atomic E-state index is 12.1. The number of hydrogen-bond donors (Lipinski definition) is 2. The van der Waals surface area contributed by atoms with E-state index in [1.165, 1.54) is 5.56 Å². The van der Waals surface area contributed by atoms with Gasteiger partial charge in [-0.2, -0.15) is 0 Å². The van der Waals surface area contributed by atoms with Crippen molar-refractivity contribution in [3.8, 4) is 5.75 Å². The fraction of sp³-hybridized carbons (Fsp3) is 0.588. The van der Waals surface area contributed by atoms with Crippen molar-refractivity contribution >= 4 is 18.4 Å². The molecular formula is C17H28ClN3O3. The average Bonchev–Trinajstić information content (AvgIpc) is 2.55. The van der Waals surface area contributed by atoms with Crippen molar-refractivity contribution in [2.24, 2.45) is 0 Å². The van der Waals surface area contributed by atoms with Gasteiger partial charge in [0.05, 0.1) is 13.2 Å². The summed E-state index contributed by atoms with van der Waals surface area (Å²) in [5.74, 6) is 0.841. The standard InChI is InChI=1S/C17H27N3O3.ClH/c1-14(21)13-19-9-11-20(12-10-19)17(22)18-8-7-15-3-5-16(23-2)6-4-15;/h3-6,14,21H,7-13H2,1-2H3,(H,18,22);1H. The molecule has 6 nitrogen and oxygen atoms in total. The highest BCUT2D eigenvalue weighted by Gasteiger charge is 2.21. The highest BCUT2D eigenvalue weighted by atomic mass is 35.5. The Morgan fingerprint density at radius 1 is 1.25 bits per heavy atom. The molecule has 0 aromatic heterocycles. The molecule has 136 valence electrons. The number of benzene rings is 1. The van der Waals surface area contributed by atoms with Crippen molar-refractivity contribution in [2.45, 2.75) is 19.4 Å². The van der Waals surface area contributed by atoms with E-state index in [0.29, 0.717) is 26.2 Å². The normalized spacial score (nSPS) is 16.2. The van der Waals surface area contributed by atoms with Gasteiger partial charge in [0.15, 0.2) is 0 Å². The lowest BCUT2D eigenvalue weighted by molar-refractivity contribution is 0.0898. The molecule has 1 aromatic carbocycles. The molecule has 2 rings (SSSR count). The summed E-state index contributed by atoms with van der Waals surface area (Å²) in [7, 11) is 1.65. The zero-order valence-electron chi connectivity index (χ0n) is 14.4. The van der Waals surface area contributed by atoms with E-state index >= 15 is 0 Å². The number of nitrogens with one attached hydrogen (secondary N) is 1. The maximum absolute atomic E-state index is 12.1. The summed E-state index contributed by atoms with van der Waals surface area (Å²) in [6.07, 6.45) is 0.484. The molecule has 7 heteroatoms. The molecule has 0 bridgehead atoms. The summed E-state index contributed by atoms with van der Waals surface area (Å²) in [5, 5.41) is 12.4. The molecule has 24 heavy (non-hydrogen) atoms. The van der Waals surface area contributed by atoms with Crippen LogP contribution in [0.5, 0.6) is 5.75 Å². The van der Waals surface area contributed by atoms with Crippen molar-refractivity contribution in [3.63, 3.8) is 0 Å². The van der Waals surface area contributed by atoms with Crippen molar-refractivity contribution in [1.82, 2.24) is 15.1 Å². The molecule has 0 aliphatic carbocycles. The lowest BCUT2D eigenvalue weighted by Gasteiger charge is -2.35. The monoisotopic (exact) mass is 357 g/mol.